The third-order valence-electron chi connectivity index (χ3n) is 5.46. The fraction of sp³-hybridized carbons (Fsp3) is 0.600. The van der Waals surface area contributed by atoms with Crippen LogP contribution in [0.3, 0.4) is 0 Å². The van der Waals surface area contributed by atoms with Crippen molar-refractivity contribution in [2.24, 2.45) is 0 Å². The first kappa shape index (κ1) is 21.7. The second kappa shape index (κ2) is 9.23. The smallest absolute Gasteiger partial charge is 0.338 e. The summed E-state index contributed by atoms with van der Waals surface area (Å²) in [6, 6.07) is 4.57. The molecule has 1 amide bonds. The molecule has 8 nitrogen and oxygen atoms in total. The van der Waals surface area contributed by atoms with Crippen LogP contribution in [0.5, 0.6) is 0 Å². The molecule has 0 saturated carbocycles. The molecule has 2 saturated heterocycles. The minimum absolute atomic E-state index is 0.0739. The number of esters is 1. The van der Waals surface area contributed by atoms with Crippen LogP contribution in [-0.2, 0) is 24.3 Å². The SMILES string of the molecule is Cc1ccc(C(=O)OCC(=O)N2CCCC[C@H]2C)cc1S(=O)(=O)N1CCOCC1. The molecule has 2 fully saturated rings. The van der Waals surface area contributed by atoms with Gasteiger partial charge in [-0.25, -0.2) is 13.2 Å². The van der Waals surface area contributed by atoms with Crippen molar-refractivity contribution in [3.63, 3.8) is 0 Å². The van der Waals surface area contributed by atoms with E-state index in [0.29, 0.717) is 25.3 Å². The molecule has 1 atom stereocenters. The zero-order valence-electron chi connectivity index (χ0n) is 16.9. The average Bonchev–Trinajstić information content (AvgIpc) is 2.73. The van der Waals surface area contributed by atoms with Crippen LogP contribution in [0.2, 0.25) is 0 Å². The lowest BCUT2D eigenvalue weighted by Crippen LogP contribution is -2.44. The molecule has 3 rings (SSSR count). The molecule has 1 aromatic carbocycles. The van der Waals surface area contributed by atoms with Gasteiger partial charge in [0, 0.05) is 25.7 Å². The van der Waals surface area contributed by atoms with Crippen LogP contribution in [0.4, 0.5) is 0 Å². The van der Waals surface area contributed by atoms with E-state index in [2.05, 4.69) is 0 Å². The van der Waals surface area contributed by atoms with E-state index in [1.54, 1.807) is 17.9 Å². The molecule has 9 heteroatoms. The largest absolute Gasteiger partial charge is 0.452 e. The number of carbonyl (C=O) groups is 2. The molecule has 2 aliphatic rings. The van der Waals surface area contributed by atoms with Crippen molar-refractivity contribution in [3.05, 3.63) is 29.3 Å². The fourth-order valence-corrected chi connectivity index (χ4v) is 5.35. The number of hydrogen-bond acceptors (Lipinski definition) is 6. The Morgan fingerprint density at radius 2 is 1.90 bits per heavy atom. The molecule has 29 heavy (non-hydrogen) atoms. The Bertz CT molecular complexity index is 864. The summed E-state index contributed by atoms with van der Waals surface area (Å²) in [5.41, 5.74) is 0.660. The molecule has 0 radical (unpaired) electrons. The highest BCUT2D eigenvalue weighted by Gasteiger charge is 2.29. The molecule has 2 heterocycles. The summed E-state index contributed by atoms with van der Waals surface area (Å²) in [7, 11) is -3.73. The Balaban J connectivity index is 1.70. The predicted octanol–water partition coefficient (Wildman–Crippen LogP) is 1.57. The number of ether oxygens (including phenoxy) is 2. The van der Waals surface area contributed by atoms with Gasteiger partial charge in [0.2, 0.25) is 10.0 Å². The van der Waals surface area contributed by atoms with E-state index in [4.69, 9.17) is 9.47 Å². The Kier molecular flexibility index (Phi) is 6.92. The maximum atomic E-state index is 12.9. The summed E-state index contributed by atoms with van der Waals surface area (Å²) >= 11 is 0. The third kappa shape index (κ3) is 4.96. The number of morpholine rings is 1. The lowest BCUT2D eigenvalue weighted by atomic mass is 10.0. The number of nitrogens with zero attached hydrogens (tertiary/aromatic N) is 2. The van der Waals surface area contributed by atoms with Gasteiger partial charge in [0.1, 0.15) is 0 Å². The number of sulfonamides is 1. The van der Waals surface area contributed by atoms with Gasteiger partial charge in [-0.1, -0.05) is 6.07 Å². The van der Waals surface area contributed by atoms with Gasteiger partial charge in [-0.05, 0) is 50.8 Å². The van der Waals surface area contributed by atoms with Crippen LogP contribution < -0.4 is 0 Å². The molecule has 0 bridgehead atoms. The predicted molar refractivity (Wildman–Crippen MR) is 106 cm³/mol. The van der Waals surface area contributed by atoms with Crippen molar-refractivity contribution in [1.29, 1.82) is 0 Å². The van der Waals surface area contributed by atoms with Crippen LogP contribution in [0.25, 0.3) is 0 Å². The third-order valence-corrected chi connectivity index (χ3v) is 7.50. The first-order chi connectivity index (χ1) is 13.8. The van der Waals surface area contributed by atoms with Crippen molar-refractivity contribution in [2.45, 2.75) is 44.0 Å². The molecule has 0 aliphatic carbocycles. The molecular weight excluding hydrogens is 396 g/mol. The fourth-order valence-electron chi connectivity index (χ4n) is 3.69. The number of aryl methyl sites for hydroxylation is 1. The van der Waals surface area contributed by atoms with Crippen molar-refractivity contribution in [2.75, 3.05) is 39.5 Å². The molecule has 0 N–H and O–H groups in total. The van der Waals surface area contributed by atoms with Gasteiger partial charge >= 0.3 is 5.97 Å². The maximum absolute atomic E-state index is 12.9. The number of hydrogen-bond donors (Lipinski definition) is 0. The Morgan fingerprint density at radius 1 is 1.17 bits per heavy atom. The number of likely N-dealkylation sites (tertiary alicyclic amines) is 1. The summed E-state index contributed by atoms with van der Waals surface area (Å²) in [4.78, 5) is 26.6. The number of amides is 1. The first-order valence-electron chi connectivity index (χ1n) is 9.96. The van der Waals surface area contributed by atoms with Gasteiger partial charge in [-0.15, -0.1) is 0 Å². The standard InChI is InChI=1S/C20H28N2O6S/c1-15-6-7-17(13-18(15)29(25,26)21-9-11-27-12-10-21)20(24)28-14-19(23)22-8-4-3-5-16(22)2/h6-7,13,16H,3-5,8-12,14H2,1-2H3/t16-/m1/s1. The summed E-state index contributed by atoms with van der Waals surface area (Å²) in [6.45, 7) is 5.24. The molecule has 160 valence electrons. The zero-order valence-corrected chi connectivity index (χ0v) is 17.7. The minimum atomic E-state index is -3.73. The summed E-state index contributed by atoms with van der Waals surface area (Å²) in [5, 5.41) is 0. The highest BCUT2D eigenvalue weighted by Crippen LogP contribution is 2.23. The Morgan fingerprint density at radius 3 is 2.59 bits per heavy atom. The second-order valence-corrected chi connectivity index (χ2v) is 9.41. The number of piperidine rings is 1. The normalized spacial score (nSPS) is 21.0. The maximum Gasteiger partial charge on any atom is 0.338 e. The summed E-state index contributed by atoms with van der Waals surface area (Å²) < 4.78 is 37.7. The quantitative estimate of drug-likeness (QED) is 0.666. The first-order valence-corrected chi connectivity index (χ1v) is 11.4. The van der Waals surface area contributed by atoms with Crippen LogP contribution >= 0.6 is 0 Å². The van der Waals surface area contributed by atoms with E-state index < -0.39 is 16.0 Å². The van der Waals surface area contributed by atoms with Crippen LogP contribution in [0, 0.1) is 6.92 Å². The second-order valence-electron chi connectivity index (χ2n) is 7.50. The molecular formula is C20H28N2O6S. The highest BCUT2D eigenvalue weighted by molar-refractivity contribution is 7.89. The van der Waals surface area contributed by atoms with E-state index >= 15 is 0 Å². The lowest BCUT2D eigenvalue weighted by Gasteiger charge is -2.33. The van der Waals surface area contributed by atoms with E-state index in [-0.39, 0.29) is 42.1 Å². The van der Waals surface area contributed by atoms with Crippen molar-refractivity contribution in [1.82, 2.24) is 9.21 Å². The van der Waals surface area contributed by atoms with Crippen LogP contribution in [0.1, 0.15) is 42.1 Å². The van der Waals surface area contributed by atoms with Gasteiger partial charge in [0.05, 0.1) is 23.7 Å². The van der Waals surface area contributed by atoms with Gasteiger partial charge in [0.15, 0.2) is 6.61 Å². The Labute approximate surface area is 171 Å². The summed E-state index contributed by atoms with van der Waals surface area (Å²) in [5.74, 6) is -0.930. The van der Waals surface area contributed by atoms with Gasteiger partial charge in [-0.3, -0.25) is 4.79 Å². The molecule has 0 spiro atoms. The summed E-state index contributed by atoms with van der Waals surface area (Å²) in [6.07, 6.45) is 2.99. The van der Waals surface area contributed by atoms with Crippen molar-refractivity contribution in [3.8, 4) is 0 Å². The van der Waals surface area contributed by atoms with Crippen molar-refractivity contribution < 1.29 is 27.5 Å². The van der Waals surface area contributed by atoms with Crippen LogP contribution in [-0.4, -0.2) is 75.0 Å². The molecule has 0 aromatic heterocycles. The number of carbonyl (C=O) groups excluding carboxylic acids is 2. The molecule has 1 aromatic rings. The minimum Gasteiger partial charge on any atom is -0.452 e. The molecule has 0 unspecified atom stereocenters. The topological polar surface area (TPSA) is 93.2 Å². The molecule has 2 aliphatic heterocycles. The van der Waals surface area contributed by atoms with Gasteiger partial charge in [-0.2, -0.15) is 4.31 Å². The van der Waals surface area contributed by atoms with E-state index in [0.717, 1.165) is 19.3 Å². The van der Waals surface area contributed by atoms with Crippen molar-refractivity contribution >= 4 is 21.9 Å². The van der Waals surface area contributed by atoms with Crippen LogP contribution in [0.15, 0.2) is 23.1 Å². The van der Waals surface area contributed by atoms with E-state index in [1.807, 2.05) is 6.92 Å². The Hall–Kier alpha value is -1.97. The monoisotopic (exact) mass is 424 g/mol. The zero-order chi connectivity index (χ0) is 21.0. The average molecular weight is 425 g/mol. The van der Waals surface area contributed by atoms with Gasteiger partial charge < -0.3 is 14.4 Å². The van der Waals surface area contributed by atoms with Gasteiger partial charge in [0.25, 0.3) is 5.91 Å². The lowest BCUT2D eigenvalue weighted by molar-refractivity contribution is -0.137. The highest BCUT2D eigenvalue weighted by atomic mass is 32.2. The number of rotatable bonds is 5. The van der Waals surface area contributed by atoms with E-state index in [9.17, 15) is 18.0 Å². The number of benzene rings is 1. The van der Waals surface area contributed by atoms with E-state index in [1.165, 1.54) is 16.4 Å².